The van der Waals surface area contributed by atoms with Gasteiger partial charge in [-0.25, -0.2) is 15.0 Å². The minimum Gasteiger partial charge on any atom is -0.365 e. The summed E-state index contributed by atoms with van der Waals surface area (Å²) < 4.78 is 0. The number of anilines is 2. The molecule has 0 bridgehead atoms. The number of carbonyl (C=O) groups excluding carboxylic acids is 1. The monoisotopic (exact) mass is 408 g/mol. The van der Waals surface area contributed by atoms with Crippen LogP contribution in [0.3, 0.4) is 0 Å². The SMILES string of the molecule is Cc1nc(Cl)cc(Nc2nc(-c3c(Cl)cccc3CN)c(C(N)=O)s2)n1. The van der Waals surface area contributed by atoms with Gasteiger partial charge in [-0.15, -0.1) is 0 Å². The lowest BCUT2D eigenvalue weighted by molar-refractivity contribution is 0.100. The Bertz CT molecular complexity index is 971. The predicted molar refractivity (Wildman–Crippen MR) is 104 cm³/mol. The topological polar surface area (TPSA) is 120 Å². The van der Waals surface area contributed by atoms with E-state index in [1.54, 1.807) is 25.1 Å². The molecule has 0 saturated heterocycles. The minimum absolute atomic E-state index is 0.245. The van der Waals surface area contributed by atoms with Gasteiger partial charge in [0.1, 0.15) is 21.7 Å². The first-order valence-corrected chi connectivity index (χ1v) is 9.03. The summed E-state index contributed by atoms with van der Waals surface area (Å²) in [7, 11) is 0. The second-order valence-electron chi connectivity index (χ2n) is 5.29. The lowest BCUT2D eigenvalue weighted by Crippen LogP contribution is -2.11. The molecule has 10 heteroatoms. The largest absolute Gasteiger partial charge is 0.365 e. The molecule has 2 heterocycles. The summed E-state index contributed by atoms with van der Waals surface area (Å²) in [6.07, 6.45) is 0. The molecule has 5 N–H and O–H groups in total. The van der Waals surface area contributed by atoms with Crippen LogP contribution >= 0.6 is 34.5 Å². The Hall–Kier alpha value is -2.26. The van der Waals surface area contributed by atoms with Gasteiger partial charge in [-0.2, -0.15) is 0 Å². The molecule has 26 heavy (non-hydrogen) atoms. The number of thiazole rings is 1. The number of benzene rings is 1. The Morgan fingerprint density at radius 3 is 2.69 bits per heavy atom. The number of nitrogens with zero attached hydrogens (tertiary/aromatic N) is 3. The van der Waals surface area contributed by atoms with Gasteiger partial charge in [0, 0.05) is 18.2 Å². The van der Waals surface area contributed by atoms with Crippen LogP contribution in [-0.2, 0) is 6.54 Å². The predicted octanol–water partition coefficient (Wildman–Crippen LogP) is 3.52. The van der Waals surface area contributed by atoms with Crippen molar-refractivity contribution in [1.82, 2.24) is 15.0 Å². The van der Waals surface area contributed by atoms with Crippen LogP contribution in [0.15, 0.2) is 24.3 Å². The van der Waals surface area contributed by atoms with Gasteiger partial charge in [0.25, 0.3) is 5.91 Å². The van der Waals surface area contributed by atoms with Crippen molar-refractivity contribution in [2.24, 2.45) is 11.5 Å². The number of hydrogen-bond donors (Lipinski definition) is 3. The Morgan fingerprint density at radius 2 is 2.04 bits per heavy atom. The van der Waals surface area contributed by atoms with E-state index in [0.29, 0.717) is 38.2 Å². The first kappa shape index (κ1) is 18.5. The fraction of sp³-hybridized carbons (Fsp3) is 0.125. The Morgan fingerprint density at radius 1 is 1.27 bits per heavy atom. The molecule has 7 nitrogen and oxygen atoms in total. The summed E-state index contributed by atoms with van der Waals surface area (Å²) in [6, 6.07) is 6.88. The molecule has 0 aliphatic heterocycles. The van der Waals surface area contributed by atoms with Crippen LogP contribution in [-0.4, -0.2) is 20.9 Å². The average molecular weight is 409 g/mol. The summed E-state index contributed by atoms with van der Waals surface area (Å²) in [5.41, 5.74) is 13.1. The number of rotatable bonds is 5. The number of nitrogens with one attached hydrogen (secondary N) is 1. The van der Waals surface area contributed by atoms with Gasteiger partial charge in [0.05, 0.1) is 10.7 Å². The highest BCUT2D eigenvalue weighted by atomic mass is 35.5. The van der Waals surface area contributed by atoms with Crippen LogP contribution in [0, 0.1) is 6.92 Å². The number of nitrogens with two attached hydrogens (primary N) is 2. The molecule has 0 atom stereocenters. The summed E-state index contributed by atoms with van der Waals surface area (Å²) in [6.45, 7) is 1.96. The van der Waals surface area contributed by atoms with Crippen LogP contribution in [0.1, 0.15) is 21.1 Å². The molecule has 0 saturated carbocycles. The maximum atomic E-state index is 11.9. The first-order chi connectivity index (χ1) is 12.4. The number of hydrogen-bond acceptors (Lipinski definition) is 7. The van der Waals surface area contributed by atoms with E-state index in [2.05, 4.69) is 20.3 Å². The van der Waals surface area contributed by atoms with Crippen molar-refractivity contribution < 1.29 is 4.79 Å². The average Bonchev–Trinajstić information content (AvgIpc) is 2.97. The summed E-state index contributed by atoms with van der Waals surface area (Å²) in [5.74, 6) is 0.353. The normalized spacial score (nSPS) is 10.8. The number of primary amides is 1. The number of aromatic nitrogens is 3. The maximum absolute atomic E-state index is 11.9. The molecular formula is C16H14Cl2N6OS. The lowest BCUT2D eigenvalue weighted by Gasteiger charge is -2.08. The van der Waals surface area contributed by atoms with Gasteiger partial charge in [-0.1, -0.05) is 46.7 Å². The van der Waals surface area contributed by atoms with Crippen LogP contribution in [0.25, 0.3) is 11.3 Å². The van der Waals surface area contributed by atoms with Crippen LogP contribution in [0.2, 0.25) is 10.2 Å². The smallest absolute Gasteiger partial charge is 0.261 e. The standard InChI is InChI=1S/C16H14Cl2N6OS/c1-7-21-10(18)5-11(22-7)23-16-24-13(14(26-16)15(20)25)12-8(6-19)3-2-4-9(12)17/h2-5H,6,19H2,1H3,(H2,20,25)(H,21,22,23,24). The quantitative estimate of drug-likeness (QED) is 0.555. The van der Waals surface area contributed by atoms with Crippen molar-refractivity contribution in [3.05, 3.63) is 50.7 Å². The molecule has 3 aromatic rings. The molecule has 1 aromatic carbocycles. The van der Waals surface area contributed by atoms with E-state index in [1.165, 1.54) is 0 Å². The zero-order valence-electron chi connectivity index (χ0n) is 13.6. The molecule has 0 aliphatic carbocycles. The lowest BCUT2D eigenvalue weighted by atomic mass is 10.0. The summed E-state index contributed by atoms with van der Waals surface area (Å²) >= 11 is 13.4. The number of halogens is 2. The summed E-state index contributed by atoms with van der Waals surface area (Å²) in [4.78, 5) is 24.9. The number of amides is 1. The summed E-state index contributed by atoms with van der Waals surface area (Å²) in [5, 5.41) is 4.17. The molecule has 2 aromatic heterocycles. The van der Waals surface area contributed by atoms with Gasteiger partial charge >= 0.3 is 0 Å². The highest BCUT2D eigenvalue weighted by Crippen LogP contribution is 2.37. The fourth-order valence-electron chi connectivity index (χ4n) is 2.42. The third-order valence-corrected chi connectivity index (χ3v) is 4.94. The van der Waals surface area contributed by atoms with E-state index in [4.69, 9.17) is 34.7 Å². The zero-order valence-corrected chi connectivity index (χ0v) is 15.9. The van der Waals surface area contributed by atoms with Gasteiger partial charge < -0.3 is 16.8 Å². The second-order valence-corrected chi connectivity index (χ2v) is 7.08. The van der Waals surface area contributed by atoms with Gasteiger partial charge in [-0.3, -0.25) is 4.79 Å². The Kier molecular flexibility index (Phi) is 5.38. The van der Waals surface area contributed by atoms with Crippen LogP contribution in [0.5, 0.6) is 0 Å². The maximum Gasteiger partial charge on any atom is 0.261 e. The van der Waals surface area contributed by atoms with Crippen molar-refractivity contribution in [3.63, 3.8) is 0 Å². The molecular weight excluding hydrogens is 395 g/mol. The minimum atomic E-state index is -0.606. The van der Waals surface area contributed by atoms with Crippen molar-refractivity contribution in [3.8, 4) is 11.3 Å². The molecule has 3 rings (SSSR count). The van der Waals surface area contributed by atoms with E-state index >= 15 is 0 Å². The van der Waals surface area contributed by atoms with Crippen LogP contribution in [0.4, 0.5) is 10.9 Å². The highest BCUT2D eigenvalue weighted by Gasteiger charge is 2.22. The van der Waals surface area contributed by atoms with Gasteiger partial charge in [0.2, 0.25) is 0 Å². The van der Waals surface area contributed by atoms with Gasteiger partial charge in [-0.05, 0) is 18.6 Å². The molecule has 0 unspecified atom stereocenters. The molecule has 0 spiro atoms. The molecule has 1 amide bonds. The molecule has 0 fully saturated rings. The van der Waals surface area contributed by atoms with E-state index in [9.17, 15) is 4.79 Å². The first-order valence-electron chi connectivity index (χ1n) is 7.45. The van der Waals surface area contributed by atoms with E-state index in [-0.39, 0.29) is 11.4 Å². The van der Waals surface area contributed by atoms with Crippen molar-refractivity contribution in [2.45, 2.75) is 13.5 Å². The Balaban J connectivity index is 2.09. The number of carbonyl (C=O) groups is 1. The molecule has 0 radical (unpaired) electrons. The number of aryl methyl sites for hydroxylation is 1. The molecule has 0 aliphatic rings. The Labute approximate surface area is 163 Å². The third-order valence-electron chi connectivity index (χ3n) is 3.45. The van der Waals surface area contributed by atoms with Crippen molar-refractivity contribution in [2.75, 3.05) is 5.32 Å². The zero-order chi connectivity index (χ0) is 18.8. The fourth-order valence-corrected chi connectivity index (χ4v) is 3.76. The van der Waals surface area contributed by atoms with E-state index in [1.807, 2.05) is 6.07 Å². The second kappa shape index (κ2) is 7.55. The van der Waals surface area contributed by atoms with Crippen molar-refractivity contribution >= 4 is 51.4 Å². The van der Waals surface area contributed by atoms with Crippen molar-refractivity contribution in [1.29, 1.82) is 0 Å². The van der Waals surface area contributed by atoms with E-state index in [0.717, 1.165) is 16.9 Å². The molecule has 134 valence electrons. The highest BCUT2D eigenvalue weighted by molar-refractivity contribution is 7.18. The van der Waals surface area contributed by atoms with Crippen LogP contribution < -0.4 is 16.8 Å². The van der Waals surface area contributed by atoms with E-state index < -0.39 is 5.91 Å². The van der Waals surface area contributed by atoms with Gasteiger partial charge in [0.15, 0.2) is 5.13 Å². The third kappa shape index (κ3) is 3.78.